The van der Waals surface area contributed by atoms with Gasteiger partial charge in [0.25, 0.3) is 11.8 Å². The summed E-state index contributed by atoms with van der Waals surface area (Å²) in [5, 5.41) is 4.44. The highest BCUT2D eigenvalue weighted by Gasteiger charge is 2.45. The van der Waals surface area contributed by atoms with Crippen molar-refractivity contribution in [2.75, 3.05) is 0 Å². The number of hydrogen-bond acceptors (Lipinski definition) is 2. The molecule has 5 heteroatoms. The van der Waals surface area contributed by atoms with E-state index in [1.807, 2.05) is 72.8 Å². The Balaban J connectivity index is 1.31. The summed E-state index contributed by atoms with van der Waals surface area (Å²) in [6, 6.07) is 45.2. The first kappa shape index (κ1) is 26.3. The van der Waals surface area contributed by atoms with Crippen LogP contribution in [0, 0.1) is 0 Å². The summed E-state index contributed by atoms with van der Waals surface area (Å²) >= 11 is 0. The zero-order valence-electron chi connectivity index (χ0n) is 25.6. The van der Waals surface area contributed by atoms with E-state index >= 15 is 9.59 Å². The molecule has 0 saturated heterocycles. The van der Waals surface area contributed by atoms with Crippen molar-refractivity contribution in [3.05, 3.63) is 156 Å². The summed E-state index contributed by atoms with van der Waals surface area (Å²) in [6.07, 6.45) is 2.63. The number of aromatic nitrogens is 2. The van der Waals surface area contributed by atoms with Crippen LogP contribution in [0.25, 0.3) is 55.0 Å². The number of imide groups is 1. The van der Waals surface area contributed by atoms with E-state index in [-0.39, 0.29) is 17.9 Å². The molecule has 2 amide bonds. The molecule has 1 atom stereocenters. The van der Waals surface area contributed by atoms with Crippen LogP contribution >= 0.6 is 0 Å². The quantitative estimate of drug-likeness (QED) is 0.188. The van der Waals surface area contributed by atoms with Crippen LogP contribution in [0.3, 0.4) is 0 Å². The third kappa shape index (κ3) is 3.54. The van der Waals surface area contributed by atoms with E-state index in [1.54, 1.807) is 4.90 Å². The van der Waals surface area contributed by atoms with Crippen LogP contribution in [-0.4, -0.2) is 25.8 Å². The number of rotatable bonds is 3. The molecule has 0 bridgehead atoms. The van der Waals surface area contributed by atoms with Crippen LogP contribution in [0.4, 0.5) is 0 Å². The number of nitrogens with zero attached hydrogens (tertiary/aromatic N) is 3. The number of benzene rings is 6. The minimum Gasteiger partial charge on any atom is -0.308 e. The van der Waals surface area contributed by atoms with Crippen molar-refractivity contribution >= 4 is 55.4 Å². The molecule has 0 unspecified atom stereocenters. The van der Waals surface area contributed by atoms with Crippen LogP contribution in [0.5, 0.6) is 0 Å². The fourth-order valence-electron chi connectivity index (χ4n) is 8.36. The van der Waals surface area contributed by atoms with E-state index < -0.39 is 0 Å². The molecule has 2 aliphatic rings. The van der Waals surface area contributed by atoms with Gasteiger partial charge >= 0.3 is 0 Å². The van der Waals surface area contributed by atoms with E-state index in [0.717, 1.165) is 79.8 Å². The Labute approximate surface area is 270 Å². The molecule has 8 aromatic rings. The molecule has 0 N–H and O–H groups in total. The maximum absolute atomic E-state index is 15.0. The van der Waals surface area contributed by atoms with Gasteiger partial charge in [-0.05, 0) is 66.8 Å². The monoisotopic (exact) mass is 607 g/mol. The van der Waals surface area contributed by atoms with Gasteiger partial charge in [-0.25, -0.2) is 0 Å². The Bertz CT molecular complexity index is 2360. The summed E-state index contributed by atoms with van der Waals surface area (Å²) in [5.41, 5.74) is 8.68. The van der Waals surface area contributed by atoms with E-state index in [2.05, 4.69) is 69.8 Å². The molecule has 1 aliphatic heterocycles. The summed E-state index contributed by atoms with van der Waals surface area (Å²) in [6.45, 7) is 0. The third-order valence-corrected chi connectivity index (χ3v) is 10.3. The SMILES string of the molecule is O=C1c2c(-n3c4ccccc4c4ccccc43)ccc(-n3c4ccccc4c4ccccc43)c2C(=O)N1[C@@H]1CCCc2ccccc21. The average Bonchev–Trinajstić information content (AvgIpc) is 3.73. The standard InChI is InChI=1S/C42H29N3O2/c46-41-39-37(43-33-19-7-3-15-28(33)29-16-4-8-20-34(29)43)24-25-38(44-35-21-9-5-17-30(35)31-18-6-10-22-36(31)44)40(39)42(47)45(41)32-23-11-13-26-12-1-2-14-27(26)32/h1-10,12,14-22,24-25,32H,11,13,23H2/t32-/m1/s1. The van der Waals surface area contributed by atoms with Crippen LogP contribution < -0.4 is 0 Å². The van der Waals surface area contributed by atoms with Crippen molar-refractivity contribution < 1.29 is 9.59 Å². The Morgan fingerprint density at radius 1 is 0.468 bits per heavy atom. The van der Waals surface area contributed by atoms with E-state index in [9.17, 15) is 0 Å². The van der Waals surface area contributed by atoms with Crippen LogP contribution in [0.15, 0.2) is 133 Å². The van der Waals surface area contributed by atoms with Crippen molar-refractivity contribution in [2.45, 2.75) is 25.3 Å². The van der Waals surface area contributed by atoms with E-state index in [1.165, 1.54) is 5.56 Å². The van der Waals surface area contributed by atoms with E-state index in [4.69, 9.17) is 0 Å². The zero-order valence-corrected chi connectivity index (χ0v) is 25.6. The molecule has 10 rings (SSSR count). The molecule has 0 radical (unpaired) electrons. The fourth-order valence-corrected chi connectivity index (χ4v) is 8.36. The van der Waals surface area contributed by atoms with Gasteiger partial charge in [-0.2, -0.15) is 0 Å². The largest absolute Gasteiger partial charge is 0.308 e. The highest BCUT2D eigenvalue weighted by atomic mass is 16.2. The highest BCUT2D eigenvalue weighted by Crippen LogP contribution is 2.45. The molecule has 5 nitrogen and oxygen atoms in total. The van der Waals surface area contributed by atoms with Gasteiger partial charge in [0.15, 0.2) is 0 Å². The van der Waals surface area contributed by atoms with Crippen LogP contribution in [-0.2, 0) is 6.42 Å². The first-order valence-corrected chi connectivity index (χ1v) is 16.3. The number of hydrogen-bond donors (Lipinski definition) is 0. The lowest BCUT2D eigenvalue weighted by Crippen LogP contribution is -2.36. The van der Waals surface area contributed by atoms with Crippen molar-refractivity contribution in [2.24, 2.45) is 0 Å². The normalized spacial score (nSPS) is 16.1. The highest BCUT2D eigenvalue weighted by molar-refractivity contribution is 6.26. The number of carbonyl (C=O) groups excluding carboxylic acids is 2. The summed E-state index contributed by atoms with van der Waals surface area (Å²) in [5.74, 6) is -0.461. The second kappa shape index (κ2) is 9.78. The van der Waals surface area contributed by atoms with Gasteiger partial charge in [0.05, 0.1) is 50.6 Å². The number of para-hydroxylation sites is 4. The second-order valence-corrected chi connectivity index (χ2v) is 12.7. The van der Waals surface area contributed by atoms with Crippen LogP contribution in [0.1, 0.15) is 50.7 Å². The molecule has 6 aromatic carbocycles. The Morgan fingerprint density at radius 2 is 0.872 bits per heavy atom. The summed E-state index contributed by atoms with van der Waals surface area (Å²) in [7, 11) is 0. The molecule has 1 aliphatic carbocycles. The first-order chi connectivity index (χ1) is 23.2. The van der Waals surface area contributed by atoms with Gasteiger partial charge in [0.2, 0.25) is 0 Å². The van der Waals surface area contributed by atoms with Gasteiger partial charge in [-0.15, -0.1) is 0 Å². The van der Waals surface area contributed by atoms with Gasteiger partial charge in [0.1, 0.15) is 0 Å². The first-order valence-electron chi connectivity index (χ1n) is 16.3. The molecule has 0 saturated carbocycles. The summed E-state index contributed by atoms with van der Waals surface area (Å²) < 4.78 is 4.34. The topological polar surface area (TPSA) is 47.2 Å². The minimum absolute atomic E-state index is 0.230. The van der Waals surface area contributed by atoms with Crippen LogP contribution in [0.2, 0.25) is 0 Å². The smallest absolute Gasteiger partial charge is 0.264 e. The molecule has 47 heavy (non-hydrogen) atoms. The fraction of sp³-hybridized carbons (Fsp3) is 0.0952. The lowest BCUT2D eigenvalue weighted by Gasteiger charge is -2.31. The van der Waals surface area contributed by atoms with Gasteiger partial charge in [-0.3, -0.25) is 14.5 Å². The average molecular weight is 608 g/mol. The predicted molar refractivity (Wildman–Crippen MR) is 188 cm³/mol. The number of aryl methyl sites for hydroxylation is 1. The minimum atomic E-state index is -0.315. The van der Waals surface area contributed by atoms with Gasteiger partial charge in [0, 0.05) is 21.5 Å². The molecular formula is C42H29N3O2. The Hall–Kier alpha value is -5.94. The molecule has 224 valence electrons. The Kier molecular flexibility index (Phi) is 5.47. The predicted octanol–water partition coefficient (Wildman–Crippen LogP) is 9.55. The maximum atomic E-state index is 15.0. The molecule has 2 aromatic heterocycles. The Morgan fingerprint density at radius 3 is 1.34 bits per heavy atom. The van der Waals surface area contributed by atoms with Crippen molar-refractivity contribution in [1.29, 1.82) is 0 Å². The summed E-state index contributed by atoms with van der Waals surface area (Å²) in [4.78, 5) is 31.6. The molecule has 0 fully saturated rings. The second-order valence-electron chi connectivity index (χ2n) is 12.7. The molecule has 0 spiro atoms. The molecular weight excluding hydrogens is 578 g/mol. The van der Waals surface area contributed by atoms with E-state index in [0.29, 0.717) is 11.1 Å². The maximum Gasteiger partial charge on any atom is 0.264 e. The lowest BCUT2D eigenvalue weighted by molar-refractivity contribution is 0.0567. The number of fused-ring (bicyclic) bond motifs is 8. The number of amides is 2. The molecule has 3 heterocycles. The number of carbonyl (C=O) groups is 2. The van der Waals surface area contributed by atoms with Crippen molar-refractivity contribution in [3.8, 4) is 11.4 Å². The third-order valence-electron chi connectivity index (χ3n) is 10.3. The lowest BCUT2D eigenvalue weighted by atomic mass is 9.87. The zero-order chi connectivity index (χ0) is 31.2. The van der Waals surface area contributed by atoms with Gasteiger partial charge in [-0.1, -0.05) is 97.1 Å². The van der Waals surface area contributed by atoms with Crippen molar-refractivity contribution in [3.63, 3.8) is 0 Å². The van der Waals surface area contributed by atoms with Gasteiger partial charge < -0.3 is 9.13 Å². The van der Waals surface area contributed by atoms with Crippen molar-refractivity contribution in [1.82, 2.24) is 14.0 Å².